The van der Waals surface area contributed by atoms with E-state index in [1.165, 1.54) is 13.8 Å². The van der Waals surface area contributed by atoms with Crippen molar-refractivity contribution in [1.82, 2.24) is 10.4 Å². The minimum atomic E-state index is -1.33. The second kappa shape index (κ2) is 11.9. The standard InChI is InChI=1S/C21H30N2O8/c1-14(24)29-13-17(22-20(27)30-21(3,4)5)18(19(26)28-6)23(31-15(2)25)12-16-10-8-7-9-11-16/h7-11,17-18H,12-13H2,1-6H3,(H,22,27)/t17-,18+/m0/s1. The Morgan fingerprint density at radius 1 is 1.03 bits per heavy atom. The SMILES string of the molecule is COC(=O)[C@@H]([C@H](COC(C)=O)NC(=O)OC(C)(C)C)N(Cc1ccccc1)OC(C)=O. The van der Waals surface area contributed by atoms with Crippen molar-refractivity contribution in [2.75, 3.05) is 13.7 Å². The fraction of sp³-hybridized carbons (Fsp3) is 0.524. The van der Waals surface area contributed by atoms with Crippen LogP contribution in [0.3, 0.4) is 0 Å². The predicted octanol–water partition coefficient (Wildman–Crippen LogP) is 1.96. The van der Waals surface area contributed by atoms with Crippen molar-refractivity contribution in [3.63, 3.8) is 0 Å². The van der Waals surface area contributed by atoms with Gasteiger partial charge in [0, 0.05) is 13.8 Å². The van der Waals surface area contributed by atoms with E-state index in [-0.39, 0.29) is 13.2 Å². The van der Waals surface area contributed by atoms with E-state index in [9.17, 15) is 19.2 Å². The van der Waals surface area contributed by atoms with E-state index in [4.69, 9.17) is 19.0 Å². The summed E-state index contributed by atoms with van der Waals surface area (Å²) in [6.45, 7) is 7.00. The molecule has 0 aliphatic carbocycles. The number of carbonyl (C=O) groups is 4. The highest BCUT2D eigenvalue weighted by atomic mass is 16.7. The number of nitrogens with one attached hydrogen (secondary N) is 1. The van der Waals surface area contributed by atoms with E-state index < -0.39 is 41.7 Å². The van der Waals surface area contributed by atoms with Crippen LogP contribution in [0.25, 0.3) is 0 Å². The monoisotopic (exact) mass is 438 g/mol. The number of nitrogens with zero attached hydrogens (tertiary/aromatic N) is 1. The molecule has 2 atom stereocenters. The van der Waals surface area contributed by atoms with Crippen molar-refractivity contribution >= 4 is 24.0 Å². The molecule has 0 saturated carbocycles. The lowest BCUT2D eigenvalue weighted by molar-refractivity contribution is -0.213. The lowest BCUT2D eigenvalue weighted by atomic mass is 10.1. The lowest BCUT2D eigenvalue weighted by Gasteiger charge is -2.33. The highest BCUT2D eigenvalue weighted by Crippen LogP contribution is 2.16. The summed E-state index contributed by atoms with van der Waals surface area (Å²) >= 11 is 0. The second-order valence-electron chi connectivity index (χ2n) is 7.67. The summed E-state index contributed by atoms with van der Waals surface area (Å²) in [5.74, 6) is -2.12. The first-order valence-corrected chi connectivity index (χ1v) is 9.62. The molecule has 0 unspecified atom stereocenters. The number of esters is 2. The number of rotatable bonds is 9. The maximum atomic E-state index is 12.7. The molecule has 172 valence electrons. The molecule has 1 aromatic carbocycles. The van der Waals surface area contributed by atoms with Gasteiger partial charge in [0.15, 0.2) is 6.04 Å². The average Bonchev–Trinajstić information content (AvgIpc) is 2.64. The van der Waals surface area contributed by atoms with Gasteiger partial charge in [0.2, 0.25) is 0 Å². The van der Waals surface area contributed by atoms with Gasteiger partial charge >= 0.3 is 24.0 Å². The van der Waals surface area contributed by atoms with E-state index in [0.29, 0.717) is 0 Å². The van der Waals surface area contributed by atoms with Crippen LogP contribution < -0.4 is 5.32 Å². The van der Waals surface area contributed by atoms with Crippen molar-refractivity contribution in [1.29, 1.82) is 0 Å². The molecule has 0 saturated heterocycles. The highest BCUT2D eigenvalue weighted by Gasteiger charge is 2.39. The van der Waals surface area contributed by atoms with Crippen LogP contribution in [-0.2, 0) is 40.0 Å². The Morgan fingerprint density at radius 2 is 1.65 bits per heavy atom. The molecule has 0 aliphatic heterocycles. The van der Waals surface area contributed by atoms with E-state index in [1.807, 2.05) is 6.07 Å². The van der Waals surface area contributed by atoms with Crippen molar-refractivity contribution in [2.24, 2.45) is 0 Å². The van der Waals surface area contributed by atoms with Gasteiger partial charge < -0.3 is 24.4 Å². The molecule has 1 amide bonds. The van der Waals surface area contributed by atoms with Gasteiger partial charge in [-0.25, -0.2) is 4.79 Å². The maximum absolute atomic E-state index is 12.7. The first-order chi connectivity index (χ1) is 14.4. The highest BCUT2D eigenvalue weighted by molar-refractivity contribution is 5.78. The molecule has 0 bridgehead atoms. The minimum Gasteiger partial charge on any atom is -0.468 e. The van der Waals surface area contributed by atoms with Crippen molar-refractivity contribution in [2.45, 2.75) is 58.8 Å². The molecule has 0 aromatic heterocycles. The third kappa shape index (κ3) is 9.94. The van der Waals surface area contributed by atoms with Gasteiger partial charge in [-0.2, -0.15) is 0 Å². The molecule has 1 N–H and O–H groups in total. The van der Waals surface area contributed by atoms with Gasteiger partial charge in [-0.3, -0.25) is 14.4 Å². The van der Waals surface area contributed by atoms with Crippen LogP contribution in [0.1, 0.15) is 40.2 Å². The molecule has 31 heavy (non-hydrogen) atoms. The van der Waals surface area contributed by atoms with Gasteiger partial charge in [0.1, 0.15) is 12.2 Å². The molecule has 1 aromatic rings. The molecule has 10 heteroatoms. The minimum absolute atomic E-state index is 0.00670. The van der Waals surface area contributed by atoms with Crippen molar-refractivity contribution in [3.8, 4) is 0 Å². The molecule has 0 fully saturated rings. The van der Waals surface area contributed by atoms with E-state index in [2.05, 4.69) is 5.32 Å². The Morgan fingerprint density at radius 3 is 2.13 bits per heavy atom. The fourth-order valence-electron chi connectivity index (χ4n) is 2.60. The topological polar surface area (TPSA) is 120 Å². The summed E-state index contributed by atoms with van der Waals surface area (Å²) in [4.78, 5) is 53.5. The Labute approximate surface area is 181 Å². The van der Waals surface area contributed by atoms with Crippen LogP contribution in [-0.4, -0.2) is 60.5 Å². The molecular formula is C21H30N2O8. The van der Waals surface area contributed by atoms with Gasteiger partial charge in [0.05, 0.1) is 19.7 Å². The molecule has 0 aliphatic rings. The number of amides is 1. The maximum Gasteiger partial charge on any atom is 0.408 e. The van der Waals surface area contributed by atoms with Crippen LogP contribution in [0.4, 0.5) is 4.79 Å². The molecule has 0 radical (unpaired) electrons. The molecule has 0 spiro atoms. The number of hydrogen-bond donors (Lipinski definition) is 1. The zero-order valence-corrected chi connectivity index (χ0v) is 18.7. The van der Waals surface area contributed by atoms with E-state index in [0.717, 1.165) is 17.7 Å². The normalized spacial score (nSPS) is 13.0. The van der Waals surface area contributed by atoms with Gasteiger partial charge in [0.25, 0.3) is 0 Å². The first-order valence-electron chi connectivity index (χ1n) is 9.62. The number of methoxy groups -OCH3 is 1. The predicted molar refractivity (Wildman–Crippen MR) is 109 cm³/mol. The number of carbonyl (C=O) groups excluding carboxylic acids is 4. The van der Waals surface area contributed by atoms with Gasteiger partial charge in [-0.15, -0.1) is 5.06 Å². The number of hydrogen-bond acceptors (Lipinski definition) is 9. The quantitative estimate of drug-likeness (QED) is 0.350. The number of alkyl carbamates (subject to hydrolysis) is 1. The van der Waals surface area contributed by atoms with Crippen LogP contribution in [0.5, 0.6) is 0 Å². The Kier molecular flexibility index (Phi) is 9.94. The molecular weight excluding hydrogens is 408 g/mol. The molecule has 10 nitrogen and oxygen atoms in total. The third-order valence-electron chi connectivity index (χ3n) is 3.73. The Bertz CT molecular complexity index is 760. The van der Waals surface area contributed by atoms with E-state index >= 15 is 0 Å². The zero-order chi connectivity index (χ0) is 23.6. The number of hydroxylamine groups is 2. The lowest BCUT2D eigenvalue weighted by Crippen LogP contribution is -2.58. The number of benzene rings is 1. The third-order valence-corrected chi connectivity index (χ3v) is 3.73. The summed E-state index contributed by atoms with van der Waals surface area (Å²) < 4.78 is 15.2. The van der Waals surface area contributed by atoms with Crippen molar-refractivity contribution in [3.05, 3.63) is 35.9 Å². The van der Waals surface area contributed by atoms with E-state index in [1.54, 1.807) is 45.0 Å². The van der Waals surface area contributed by atoms with Gasteiger partial charge in [-0.05, 0) is 26.3 Å². The molecule has 1 rings (SSSR count). The van der Waals surface area contributed by atoms with Crippen LogP contribution in [0.2, 0.25) is 0 Å². The average molecular weight is 438 g/mol. The van der Waals surface area contributed by atoms with Crippen molar-refractivity contribution < 1.29 is 38.2 Å². The largest absolute Gasteiger partial charge is 0.468 e. The second-order valence-corrected chi connectivity index (χ2v) is 7.67. The summed E-state index contributed by atoms with van der Waals surface area (Å²) in [6, 6.07) is 6.44. The summed E-state index contributed by atoms with van der Waals surface area (Å²) in [5.41, 5.74) is -0.0858. The summed E-state index contributed by atoms with van der Waals surface area (Å²) in [7, 11) is 1.15. The Balaban J connectivity index is 3.29. The van der Waals surface area contributed by atoms with Gasteiger partial charge in [-0.1, -0.05) is 30.3 Å². The summed E-state index contributed by atoms with van der Waals surface area (Å²) in [6.07, 6.45) is -0.846. The van der Waals surface area contributed by atoms with Crippen LogP contribution >= 0.6 is 0 Å². The zero-order valence-electron chi connectivity index (χ0n) is 18.7. The van der Waals surface area contributed by atoms with Crippen LogP contribution in [0, 0.1) is 0 Å². The fourth-order valence-corrected chi connectivity index (χ4v) is 2.60. The number of ether oxygens (including phenoxy) is 3. The summed E-state index contributed by atoms with van der Waals surface area (Å²) in [5, 5.41) is 3.59. The first kappa shape index (κ1) is 25.9. The van der Waals surface area contributed by atoms with Crippen LogP contribution in [0.15, 0.2) is 30.3 Å². The molecule has 0 heterocycles. The smallest absolute Gasteiger partial charge is 0.408 e. The Hall–Kier alpha value is -3.14.